The fourth-order valence-electron chi connectivity index (χ4n) is 3.55. The van der Waals surface area contributed by atoms with E-state index >= 15 is 0 Å². The molecule has 160 valence electrons. The van der Waals surface area contributed by atoms with Crippen molar-refractivity contribution in [2.75, 3.05) is 0 Å². The lowest BCUT2D eigenvalue weighted by atomic mass is 9.90. The van der Waals surface area contributed by atoms with Crippen LogP contribution in [0.4, 0.5) is 0 Å². The van der Waals surface area contributed by atoms with Crippen molar-refractivity contribution in [1.82, 2.24) is 10.8 Å². The van der Waals surface area contributed by atoms with E-state index in [9.17, 15) is 19.5 Å². The Labute approximate surface area is 170 Å². The second-order valence-electron chi connectivity index (χ2n) is 7.85. The van der Waals surface area contributed by atoms with Crippen LogP contribution in [-0.2, 0) is 19.1 Å². The standard InChI is InChI=1S/C21H30N2O6/c1-13(2)12-16(18(24)20(26)23-28)19(25)22-17(14-8-4-3-5-9-14)21(27)29-15-10-6-7-11-15/h3-5,8-9,13,15-18,24,28H,6-7,10-12H2,1-2H3,(H,22,25)(H,23,26)/t16?,17?,18-/m0/s1. The summed E-state index contributed by atoms with van der Waals surface area (Å²) in [6.45, 7) is 3.68. The van der Waals surface area contributed by atoms with Gasteiger partial charge >= 0.3 is 5.97 Å². The molecular weight excluding hydrogens is 376 g/mol. The van der Waals surface area contributed by atoms with E-state index in [1.165, 1.54) is 5.48 Å². The quantitative estimate of drug-likeness (QED) is 0.282. The average Bonchev–Trinajstić information content (AvgIpc) is 3.22. The number of aliphatic hydroxyl groups is 1. The van der Waals surface area contributed by atoms with E-state index in [-0.39, 0.29) is 18.4 Å². The number of hydrogen-bond donors (Lipinski definition) is 4. The molecule has 1 aromatic carbocycles. The molecule has 0 saturated heterocycles. The third-order valence-electron chi connectivity index (χ3n) is 5.06. The van der Waals surface area contributed by atoms with Crippen LogP contribution in [0.3, 0.4) is 0 Å². The van der Waals surface area contributed by atoms with Crippen molar-refractivity contribution in [2.24, 2.45) is 11.8 Å². The van der Waals surface area contributed by atoms with E-state index in [4.69, 9.17) is 9.94 Å². The fourth-order valence-corrected chi connectivity index (χ4v) is 3.55. The first-order valence-electron chi connectivity index (χ1n) is 10.0. The van der Waals surface area contributed by atoms with Gasteiger partial charge in [0.2, 0.25) is 5.91 Å². The molecule has 0 radical (unpaired) electrons. The Hall–Kier alpha value is -2.45. The van der Waals surface area contributed by atoms with E-state index in [0.717, 1.165) is 25.7 Å². The predicted molar refractivity (Wildman–Crippen MR) is 105 cm³/mol. The molecule has 4 N–H and O–H groups in total. The van der Waals surface area contributed by atoms with Crippen LogP contribution in [0.25, 0.3) is 0 Å². The summed E-state index contributed by atoms with van der Waals surface area (Å²) in [6.07, 6.45) is 1.88. The highest BCUT2D eigenvalue weighted by Gasteiger charge is 2.36. The normalized spacial score (nSPS) is 17.4. The van der Waals surface area contributed by atoms with Crippen molar-refractivity contribution < 1.29 is 29.4 Å². The van der Waals surface area contributed by atoms with E-state index in [2.05, 4.69) is 5.32 Å². The van der Waals surface area contributed by atoms with Crippen LogP contribution in [0.5, 0.6) is 0 Å². The number of benzene rings is 1. The topological polar surface area (TPSA) is 125 Å². The predicted octanol–water partition coefficient (Wildman–Crippen LogP) is 1.86. The van der Waals surface area contributed by atoms with Crippen LogP contribution in [-0.4, -0.2) is 40.3 Å². The summed E-state index contributed by atoms with van der Waals surface area (Å²) in [6, 6.07) is 7.64. The van der Waals surface area contributed by atoms with Gasteiger partial charge in [0.15, 0.2) is 6.04 Å². The number of ether oxygens (including phenoxy) is 1. The molecule has 0 bridgehead atoms. The molecule has 0 aliphatic heterocycles. The first-order chi connectivity index (χ1) is 13.8. The van der Waals surface area contributed by atoms with E-state index in [1.54, 1.807) is 30.3 Å². The number of aliphatic hydroxyl groups excluding tert-OH is 1. The van der Waals surface area contributed by atoms with Crippen molar-refractivity contribution in [2.45, 2.75) is 64.2 Å². The highest BCUT2D eigenvalue weighted by atomic mass is 16.5. The summed E-state index contributed by atoms with van der Waals surface area (Å²) in [5.74, 6) is -3.44. The molecule has 1 aliphatic rings. The van der Waals surface area contributed by atoms with Gasteiger partial charge in [-0.3, -0.25) is 14.8 Å². The summed E-state index contributed by atoms with van der Waals surface area (Å²) in [7, 11) is 0. The molecule has 3 atom stereocenters. The molecule has 2 unspecified atom stereocenters. The van der Waals surface area contributed by atoms with Crippen LogP contribution in [0.2, 0.25) is 0 Å². The zero-order chi connectivity index (χ0) is 21.4. The SMILES string of the molecule is CC(C)CC(C(=O)NC(C(=O)OC1CCCC1)c1ccccc1)[C@H](O)C(=O)NO. The maximum Gasteiger partial charge on any atom is 0.333 e. The van der Waals surface area contributed by atoms with Gasteiger partial charge in [-0.1, -0.05) is 44.2 Å². The lowest BCUT2D eigenvalue weighted by molar-refractivity contribution is -0.154. The van der Waals surface area contributed by atoms with Gasteiger partial charge in [-0.15, -0.1) is 0 Å². The van der Waals surface area contributed by atoms with Crippen LogP contribution < -0.4 is 10.8 Å². The molecular formula is C21H30N2O6. The number of esters is 1. The van der Waals surface area contributed by atoms with Crippen LogP contribution in [0.1, 0.15) is 57.6 Å². The number of hydroxylamine groups is 1. The third kappa shape index (κ3) is 6.54. The second-order valence-corrected chi connectivity index (χ2v) is 7.85. The van der Waals surface area contributed by atoms with Crippen LogP contribution in [0.15, 0.2) is 30.3 Å². The Morgan fingerprint density at radius 2 is 1.72 bits per heavy atom. The first-order valence-corrected chi connectivity index (χ1v) is 10.0. The minimum absolute atomic E-state index is 0.00694. The van der Waals surface area contributed by atoms with Crippen LogP contribution >= 0.6 is 0 Å². The summed E-state index contributed by atoms with van der Waals surface area (Å²) >= 11 is 0. The minimum Gasteiger partial charge on any atom is -0.461 e. The molecule has 1 aromatic rings. The molecule has 0 aromatic heterocycles. The minimum atomic E-state index is -1.75. The number of carbonyl (C=O) groups is 3. The molecule has 8 heteroatoms. The van der Waals surface area contributed by atoms with Gasteiger partial charge in [0.05, 0.1) is 5.92 Å². The summed E-state index contributed by atoms with van der Waals surface area (Å²) < 4.78 is 5.58. The maximum atomic E-state index is 12.9. The molecule has 29 heavy (non-hydrogen) atoms. The highest BCUT2D eigenvalue weighted by molar-refractivity contribution is 5.91. The van der Waals surface area contributed by atoms with Gasteiger partial charge in [-0.05, 0) is 43.6 Å². The Morgan fingerprint density at radius 1 is 1.10 bits per heavy atom. The summed E-state index contributed by atoms with van der Waals surface area (Å²) in [4.78, 5) is 37.4. The molecule has 8 nitrogen and oxygen atoms in total. The fraction of sp³-hybridized carbons (Fsp3) is 0.571. The number of hydrogen-bond acceptors (Lipinski definition) is 6. The van der Waals surface area contributed by atoms with Gasteiger partial charge in [0.25, 0.3) is 5.91 Å². The zero-order valence-electron chi connectivity index (χ0n) is 16.8. The molecule has 1 aliphatic carbocycles. The number of rotatable bonds is 9. The van der Waals surface area contributed by atoms with E-state index in [1.807, 2.05) is 13.8 Å². The molecule has 0 spiro atoms. The lowest BCUT2D eigenvalue weighted by Crippen LogP contribution is -2.47. The van der Waals surface area contributed by atoms with Crippen molar-refractivity contribution in [1.29, 1.82) is 0 Å². The number of carbonyl (C=O) groups excluding carboxylic acids is 3. The van der Waals surface area contributed by atoms with E-state index < -0.39 is 35.8 Å². The van der Waals surface area contributed by atoms with Crippen molar-refractivity contribution in [3.8, 4) is 0 Å². The van der Waals surface area contributed by atoms with E-state index in [0.29, 0.717) is 5.56 Å². The second kappa shape index (κ2) is 10.9. The largest absolute Gasteiger partial charge is 0.461 e. The van der Waals surface area contributed by atoms with Crippen molar-refractivity contribution in [3.05, 3.63) is 35.9 Å². The Morgan fingerprint density at radius 3 is 2.28 bits per heavy atom. The molecule has 2 amide bonds. The molecule has 0 heterocycles. The third-order valence-corrected chi connectivity index (χ3v) is 5.06. The van der Waals surface area contributed by atoms with Gasteiger partial charge in [0, 0.05) is 0 Å². The lowest BCUT2D eigenvalue weighted by Gasteiger charge is -2.26. The van der Waals surface area contributed by atoms with Gasteiger partial charge in [0.1, 0.15) is 12.2 Å². The highest BCUT2D eigenvalue weighted by Crippen LogP contribution is 2.25. The number of nitrogens with one attached hydrogen (secondary N) is 2. The molecule has 2 rings (SSSR count). The zero-order valence-corrected chi connectivity index (χ0v) is 16.8. The number of amides is 2. The average molecular weight is 406 g/mol. The van der Waals surface area contributed by atoms with Crippen LogP contribution in [0, 0.1) is 11.8 Å². The monoisotopic (exact) mass is 406 g/mol. The summed E-state index contributed by atoms with van der Waals surface area (Å²) in [5, 5.41) is 21.6. The van der Waals surface area contributed by atoms with Gasteiger partial charge in [-0.2, -0.15) is 0 Å². The maximum absolute atomic E-state index is 12.9. The Balaban J connectivity index is 2.21. The van der Waals surface area contributed by atoms with Gasteiger partial charge in [-0.25, -0.2) is 10.3 Å². The summed E-state index contributed by atoms with van der Waals surface area (Å²) in [5.41, 5.74) is 1.92. The molecule has 1 fully saturated rings. The first kappa shape index (κ1) is 22.8. The van der Waals surface area contributed by atoms with Gasteiger partial charge < -0.3 is 15.2 Å². The molecule has 1 saturated carbocycles. The Bertz CT molecular complexity index is 688. The van der Waals surface area contributed by atoms with Crippen molar-refractivity contribution >= 4 is 17.8 Å². The van der Waals surface area contributed by atoms with Crippen molar-refractivity contribution in [3.63, 3.8) is 0 Å². The smallest absolute Gasteiger partial charge is 0.333 e. The Kier molecular flexibility index (Phi) is 8.60.